The highest BCUT2D eigenvalue weighted by molar-refractivity contribution is 5.96. The van der Waals surface area contributed by atoms with Gasteiger partial charge in [0.2, 0.25) is 5.91 Å². The third-order valence-electron chi connectivity index (χ3n) is 1.69. The van der Waals surface area contributed by atoms with Crippen molar-refractivity contribution in [2.75, 3.05) is 7.11 Å². The number of rotatable bonds is 4. The van der Waals surface area contributed by atoms with Crippen LogP contribution in [-0.4, -0.2) is 37.1 Å². The number of hydrogen-bond donors (Lipinski definition) is 3. The van der Waals surface area contributed by atoms with Gasteiger partial charge in [-0.1, -0.05) is 0 Å². The minimum atomic E-state index is -0.931. The minimum Gasteiger partial charge on any atom is -0.468 e. The van der Waals surface area contributed by atoms with E-state index in [4.69, 9.17) is 5.73 Å². The number of nitrogens with one attached hydrogen (secondary N) is 2. The standard InChI is InChI=1S/C8H15N3O4/c1-4(6(12)11-8(9)14)10-5(2)7(13)15-3/h4-5,10H,1-3H3,(H3,9,11,12,14). The highest BCUT2D eigenvalue weighted by atomic mass is 16.5. The maximum Gasteiger partial charge on any atom is 0.322 e. The maximum atomic E-state index is 11.2. The van der Waals surface area contributed by atoms with Crippen LogP contribution < -0.4 is 16.4 Å². The van der Waals surface area contributed by atoms with E-state index in [1.807, 2.05) is 5.32 Å². The predicted molar refractivity (Wildman–Crippen MR) is 51.8 cm³/mol. The molecule has 15 heavy (non-hydrogen) atoms. The van der Waals surface area contributed by atoms with Crippen LogP contribution in [0.4, 0.5) is 4.79 Å². The number of imide groups is 1. The zero-order chi connectivity index (χ0) is 12.0. The molecule has 86 valence electrons. The summed E-state index contributed by atoms with van der Waals surface area (Å²) in [6.07, 6.45) is 0. The van der Waals surface area contributed by atoms with Gasteiger partial charge in [-0.25, -0.2) is 4.79 Å². The van der Waals surface area contributed by atoms with Crippen LogP contribution in [0, 0.1) is 0 Å². The molecule has 0 aromatic heterocycles. The number of carbonyl (C=O) groups is 3. The fraction of sp³-hybridized carbons (Fsp3) is 0.625. The maximum absolute atomic E-state index is 11.2. The molecule has 7 heteroatoms. The SMILES string of the molecule is COC(=O)C(C)NC(C)C(=O)NC(N)=O. The number of hydrogen-bond acceptors (Lipinski definition) is 5. The summed E-state index contributed by atoms with van der Waals surface area (Å²) < 4.78 is 4.45. The molecule has 0 aliphatic carbocycles. The van der Waals surface area contributed by atoms with E-state index in [1.54, 1.807) is 6.92 Å². The van der Waals surface area contributed by atoms with Crippen LogP contribution in [0.25, 0.3) is 0 Å². The zero-order valence-electron chi connectivity index (χ0n) is 8.87. The Morgan fingerprint density at radius 3 is 2.13 bits per heavy atom. The number of methoxy groups -OCH3 is 1. The van der Waals surface area contributed by atoms with Crippen LogP contribution in [0.3, 0.4) is 0 Å². The smallest absolute Gasteiger partial charge is 0.322 e. The monoisotopic (exact) mass is 217 g/mol. The summed E-state index contributed by atoms with van der Waals surface area (Å²) >= 11 is 0. The molecular formula is C8H15N3O4. The fourth-order valence-corrected chi connectivity index (χ4v) is 0.925. The molecule has 0 spiro atoms. The summed E-state index contributed by atoms with van der Waals surface area (Å²) in [6.45, 7) is 3.04. The molecule has 0 rings (SSSR count). The fourth-order valence-electron chi connectivity index (χ4n) is 0.925. The largest absolute Gasteiger partial charge is 0.468 e. The van der Waals surface area contributed by atoms with E-state index < -0.39 is 30.0 Å². The lowest BCUT2D eigenvalue weighted by atomic mass is 10.2. The topological polar surface area (TPSA) is 111 Å². The average Bonchev–Trinajstić information content (AvgIpc) is 2.15. The molecule has 3 amide bonds. The number of primary amides is 1. The minimum absolute atomic E-state index is 0.492. The first kappa shape index (κ1) is 13.4. The lowest BCUT2D eigenvalue weighted by Crippen LogP contribution is -2.50. The van der Waals surface area contributed by atoms with E-state index in [1.165, 1.54) is 14.0 Å². The molecule has 0 aliphatic rings. The van der Waals surface area contributed by atoms with Crippen molar-refractivity contribution in [3.8, 4) is 0 Å². The highest BCUT2D eigenvalue weighted by Gasteiger charge is 2.20. The Morgan fingerprint density at radius 2 is 1.73 bits per heavy atom. The van der Waals surface area contributed by atoms with Crippen LogP contribution in [0.1, 0.15) is 13.8 Å². The van der Waals surface area contributed by atoms with Crippen LogP contribution in [0.15, 0.2) is 0 Å². The Hall–Kier alpha value is -1.63. The first-order valence-electron chi connectivity index (χ1n) is 4.32. The van der Waals surface area contributed by atoms with Crippen molar-refractivity contribution >= 4 is 17.9 Å². The Bertz CT molecular complexity index is 267. The number of amides is 3. The summed E-state index contributed by atoms with van der Waals surface area (Å²) in [5.74, 6) is -1.09. The molecule has 0 saturated heterocycles. The van der Waals surface area contributed by atoms with E-state index >= 15 is 0 Å². The van der Waals surface area contributed by atoms with Crippen molar-refractivity contribution in [3.63, 3.8) is 0 Å². The number of nitrogens with two attached hydrogens (primary N) is 1. The van der Waals surface area contributed by atoms with E-state index in [-0.39, 0.29) is 0 Å². The van der Waals surface area contributed by atoms with Crippen LogP contribution in [0.2, 0.25) is 0 Å². The molecule has 0 saturated carbocycles. The molecule has 0 aromatic rings. The molecule has 0 fully saturated rings. The van der Waals surface area contributed by atoms with Gasteiger partial charge in [0.15, 0.2) is 0 Å². The van der Waals surface area contributed by atoms with Crippen molar-refractivity contribution in [2.45, 2.75) is 25.9 Å². The van der Waals surface area contributed by atoms with Gasteiger partial charge >= 0.3 is 12.0 Å². The number of ether oxygens (including phenoxy) is 1. The van der Waals surface area contributed by atoms with E-state index in [9.17, 15) is 14.4 Å². The first-order chi connectivity index (χ1) is 6.88. The second kappa shape index (κ2) is 5.97. The van der Waals surface area contributed by atoms with Crippen molar-refractivity contribution in [1.29, 1.82) is 0 Å². The summed E-state index contributed by atoms with van der Waals surface area (Å²) in [5.41, 5.74) is 4.76. The summed E-state index contributed by atoms with van der Waals surface area (Å²) in [7, 11) is 1.24. The van der Waals surface area contributed by atoms with Crippen molar-refractivity contribution in [2.24, 2.45) is 5.73 Å². The number of esters is 1. The lowest BCUT2D eigenvalue weighted by molar-refractivity contribution is -0.143. The average molecular weight is 217 g/mol. The van der Waals surface area contributed by atoms with Crippen molar-refractivity contribution in [1.82, 2.24) is 10.6 Å². The van der Waals surface area contributed by atoms with Gasteiger partial charge in [0, 0.05) is 0 Å². The van der Waals surface area contributed by atoms with Gasteiger partial charge in [0.1, 0.15) is 6.04 Å². The third kappa shape index (κ3) is 4.96. The van der Waals surface area contributed by atoms with Gasteiger partial charge in [-0.15, -0.1) is 0 Å². The molecule has 7 nitrogen and oxygen atoms in total. The molecular weight excluding hydrogens is 202 g/mol. The second-order valence-electron chi connectivity index (χ2n) is 2.99. The van der Waals surface area contributed by atoms with E-state index in [0.29, 0.717) is 0 Å². The van der Waals surface area contributed by atoms with Crippen LogP contribution in [-0.2, 0) is 14.3 Å². The summed E-state index contributed by atoms with van der Waals surface area (Å²) in [5, 5.41) is 4.53. The molecule has 0 bridgehead atoms. The Balaban J connectivity index is 4.12. The molecule has 0 aromatic carbocycles. The van der Waals surface area contributed by atoms with E-state index in [0.717, 1.165) is 0 Å². The first-order valence-corrected chi connectivity index (χ1v) is 4.32. The van der Waals surface area contributed by atoms with Crippen LogP contribution >= 0.6 is 0 Å². The molecule has 0 aliphatic heterocycles. The summed E-state index contributed by atoms with van der Waals surface area (Å²) in [6, 6.07) is -2.28. The highest BCUT2D eigenvalue weighted by Crippen LogP contribution is 1.90. The normalized spacial score (nSPS) is 13.8. The van der Waals surface area contributed by atoms with Gasteiger partial charge < -0.3 is 10.5 Å². The Morgan fingerprint density at radius 1 is 1.20 bits per heavy atom. The lowest BCUT2D eigenvalue weighted by Gasteiger charge is -2.16. The number of urea groups is 1. The Labute approximate surface area is 87.3 Å². The van der Waals surface area contributed by atoms with Crippen LogP contribution in [0.5, 0.6) is 0 Å². The molecule has 2 atom stereocenters. The number of carbonyl (C=O) groups excluding carboxylic acids is 3. The molecule has 0 radical (unpaired) electrons. The quantitative estimate of drug-likeness (QED) is 0.508. The van der Waals surface area contributed by atoms with Gasteiger partial charge in [-0.05, 0) is 13.8 Å². The van der Waals surface area contributed by atoms with Gasteiger partial charge in [-0.3, -0.25) is 20.2 Å². The zero-order valence-corrected chi connectivity index (χ0v) is 8.87. The molecule has 4 N–H and O–H groups in total. The van der Waals surface area contributed by atoms with Gasteiger partial charge in [0.25, 0.3) is 0 Å². The van der Waals surface area contributed by atoms with Crippen molar-refractivity contribution in [3.05, 3.63) is 0 Å². The van der Waals surface area contributed by atoms with Gasteiger partial charge in [-0.2, -0.15) is 0 Å². The third-order valence-corrected chi connectivity index (χ3v) is 1.69. The van der Waals surface area contributed by atoms with E-state index in [2.05, 4.69) is 10.1 Å². The Kier molecular flexibility index (Phi) is 5.32. The van der Waals surface area contributed by atoms with Gasteiger partial charge in [0.05, 0.1) is 13.2 Å². The molecule has 0 heterocycles. The second-order valence-corrected chi connectivity index (χ2v) is 2.99. The molecule has 2 unspecified atom stereocenters. The summed E-state index contributed by atoms with van der Waals surface area (Å²) in [4.78, 5) is 32.5. The predicted octanol–water partition coefficient (Wildman–Crippen LogP) is -1.28. The van der Waals surface area contributed by atoms with Crippen molar-refractivity contribution < 1.29 is 19.1 Å².